The maximum absolute atomic E-state index is 11.5. The first-order chi connectivity index (χ1) is 8.20. The van der Waals surface area contributed by atoms with E-state index in [1.807, 2.05) is 31.3 Å². The Kier molecular flexibility index (Phi) is 3.47. The summed E-state index contributed by atoms with van der Waals surface area (Å²) in [6.07, 6.45) is 4.34. The summed E-state index contributed by atoms with van der Waals surface area (Å²) < 4.78 is 5.27. The first-order valence-electron chi connectivity index (χ1n) is 5.84. The lowest BCUT2D eigenvalue weighted by molar-refractivity contribution is -0.114. The van der Waals surface area contributed by atoms with Gasteiger partial charge in [-0.15, -0.1) is 0 Å². The normalized spacial score (nSPS) is 17.5. The van der Waals surface area contributed by atoms with Gasteiger partial charge in [0.05, 0.1) is 12.8 Å². The molecule has 0 bridgehead atoms. The Morgan fingerprint density at radius 3 is 2.82 bits per heavy atom. The fourth-order valence-corrected chi connectivity index (χ4v) is 1.99. The molecule has 1 N–H and O–H groups in total. The van der Waals surface area contributed by atoms with Crippen molar-refractivity contribution in [2.45, 2.75) is 26.2 Å². The number of nitrogens with one attached hydrogen (secondary N) is 1. The van der Waals surface area contributed by atoms with Gasteiger partial charge < -0.3 is 10.1 Å². The fourth-order valence-electron chi connectivity index (χ4n) is 1.99. The summed E-state index contributed by atoms with van der Waals surface area (Å²) in [5.41, 5.74) is 2.94. The van der Waals surface area contributed by atoms with Crippen molar-refractivity contribution in [1.29, 1.82) is 0 Å². The molecule has 3 heteroatoms. The highest BCUT2D eigenvalue weighted by atomic mass is 16.5. The lowest BCUT2D eigenvalue weighted by Crippen LogP contribution is -1.98. The zero-order valence-corrected chi connectivity index (χ0v) is 10.2. The van der Waals surface area contributed by atoms with Gasteiger partial charge >= 0.3 is 0 Å². The summed E-state index contributed by atoms with van der Waals surface area (Å²) in [7, 11) is 1.64. The highest BCUT2D eigenvalue weighted by Gasteiger charge is 2.16. The van der Waals surface area contributed by atoms with Gasteiger partial charge in [-0.2, -0.15) is 0 Å². The lowest BCUT2D eigenvalue weighted by Gasteiger charge is -2.09. The molecule has 1 aliphatic carbocycles. The van der Waals surface area contributed by atoms with E-state index in [-0.39, 0.29) is 5.78 Å². The Bertz CT molecular complexity index is 463. The van der Waals surface area contributed by atoms with Crippen molar-refractivity contribution >= 4 is 11.5 Å². The van der Waals surface area contributed by atoms with Crippen molar-refractivity contribution in [2.75, 3.05) is 12.4 Å². The van der Waals surface area contributed by atoms with Crippen molar-refractivity contribution in [1.82, 2.24) is 0 Å². The van der Waals surface area contributed by atoms with Crippen LogP contribution < -0.4 is 10.1 Å². The number of benzene rings is 1. The van der Waals surface area contributed by atoms with Gasteiger partial charge in [0.1, 0.15) is 5.75 Å². The number of allylic oxidation sites excluding steroid dienone is 1. The van der Waals surface area contributed by atoms with Crippen molar-refractivity contribution < 1.29 is 9.53 Å². The quantitative estimate of drug-likeness (QED) is 0.812. The Morgan fingerprint density at radius 1 is 1.35 bits per heavy atom. The van der Waals surface area contributed by atoms with Gasteiger partial charge in [0.25, 0.3) is 0 Å². The van der Waals surface area contributed by atoms with Crippen molar-refractivity contribution in [2.24, 2.45) is 0 Å². The largest absolute Gasteiger partial charge is 0.495 e. The third-order valence-electron chi connectivity index (χ3n) is 2.96. The summed E-state index contributed by atoms with van der Waals surface area (Å²) in [6, 6.07) is 5.93. The maximum atomic E-state index is 11.5. The molecule has 1 aromatic rings. The van der Waals surface area contributed by atoms with Crippen LogP contribution in [0.3, 0.4) is 0 Å². The van der Waals surface area contributed by atoms with Crippen LogP contribution >= 0.6 is 0 Å². The van der Waals surface area contributed by atoms with Crippen LogP contribution in [-0.2, 0) is 4.79 Å². The smallest absolute Gasteiger partial charge is 0.160 e. The highest BCUT2D eigenvalue weighted by molar-refractivity contribution is 5.97. The van der Waals surface area contributed by atoms with Gasteiger partial charge in [0, 0.05) is 18.2 Å². The van der Waals surface area contributed by atoms with Crippen LogP contribution in [0.1, 0.15) is 24.8 Å². The molecular weight excluding hydrogens is 214 g/mol. The third-order valence-corrected chi connectivity index (χ3v) is 2.96. The number of carbonyl (C=O) groups is 1. The second-order valence-electron chi connectivity index (χ2n) is 4.29. The van der Waals surface area contributed by atoms with Crippen LogP contribution in [-0.4, -0.2) is 12.9 Å². The van der Waals surface area contributed by atoms with Crippen LogP contribution in [0.5, 0.6) is 5.75 Å². The number of hydrogen-bond acceptors (Lipinski definition) is 3. The van der Waals surface area contributed by atoms with E-state index >= 15 is 0 Å². The van der Waals surface area contributed by atoms with E-state index in [0.717, 1.165) is 35.4 Å². The molecule has 0 heterocycles. The molecule has 0 spiro atoms. The number of hydrogen-bond donors (Lipinski definition) is 1. The second-order valence-corrected chi connectivity index (χ2v) is 4.29. The molecule has 2 rings (SSSR count). The number of anilines is 1. The summed E-state index contributed by atoms with van der Waals surface area (Å²) in [6.45, 7) is 2.03. The van der Waals surface area contributed by atoms with E-state index in [1.54, 1.807) is 7.11 Å². The maximum Gasteiger partial charge on any atom is 0.160 e. The molecule has 1 fully saturated rings. The zero-order chi connectivity index (χ0) is 12.3. The molecular formula is C14H17NO2. The van der Waals surface area contributed by atoms with Crippen LogP contribution in [0.4, 0.5) is 5.69 Å². The summed E-state index contributed by atoms with van der Waals surface area (Å²) in [5, 5.41) is 3.17. The Balaban J connectivity index is 2.18. The minimum absolute atomic E-state index is 0.254. The van der Waals surface area contributed by atoms with Crippen molar-refractivity contribution in [3.05, 3.63) is 35.5 Å². The molecule has 0 radical (unpaired) electrons. The summed E-state index contributed by atoms with van der Waals surface area (Å²) in [5.74, 6) is 1.04. The van der Waals surface area contributed by atoms with E-state index in [2.05, 4.69) is 5.32 Å². The Hall–Kier alpha value is -1.77. The number of ketones is 1. The van der Waals surface area contributed by atoms with E-state index in [4.69, 9.17) is 4.74 Å². The van der Waals surface area contributed by atoms with Gasteiger partial charge in [0.15, 0.2) is 5.78 Å². The van der Waals surface area contributed by atoms with Gasteiger partial charge in [-0.3, -0.25) is 4.79 Å². The van der Waals surface area contributed by atoms with Crippen molar-refractivity contribution in [3.63, 3.8) is 0 Å². The predicted molar refractivity (Wildman–Crippen MR) is 68.3 cm³/mol. The molecule has 0 aliphatic heterocycles. The highest BCUT2D eigenvalue weighted by Crippen LogP contribution is 2.26. The molecule has 0 atom stereocenters. The predicted octanol–water partition coefficient (Wildman–Crippen LogP) is 3.05. The van der Waals surface area contributed by atoms with Crippen LogP contribution in [0, 0.1) is 6.92 Å². The number of methoxy groups -OCH3 is 1. The number of ether oxygens (including phenoxy) is 1. The van der Waals surface area contributed by atoms with Crippen LogP contribution in [0.15, 0.2) is 30.0 Å². The van der Waals surface area contributed by atoms with Gasteiger partial charge in [-0.1, -0.05) is 6.07 Å². The SMILES string of the molecule is COc1ccc(C)cc1N/C=C1/CCCC1=O. The Morgan fingerprint density at radius 2 is 2.18 bits per heavy atom. The summed E-state index contributed by atoms with van der Waals surface area (Å²) >= 11 is 0. The summed E-state index contributed by atoms with van der Waals surface area (Å²) in [4.78, 5) is 11.5. The second kappa shape index (κ2) is 5.04. The number of aryl methyl sites for hydroxylation is 1. The number of Topliss-reactive ketones (excluding diaryl/α,β-unsaturated/α-hetero) is 1. The topological polar surface area (TPSA) is 38.3 Å². The van der Waals surface area contributed by atoms with Gasteiger partial charge in [-0.25, -0.2) is 0 Å². The minimum atomic E-state index is 0.254. The molecule has 0 aromatic heterocycles. The van der Waals surface area contributed by atoms with E-state index in [0.29, 0.717) is 6.42 Å². The Labute approximate surface area is 101 Å². The zero-order valence-electron chi connectivity index (χ0n) is 10.2. The molecule has 0 unspecified atom stereocenters. The van der Waals surface area contributed by atoms with Crippen LogP contribution in [0.2, 0.25) is 0 Å². The lowest BCUT2D eigenvalue weighted by atomic mass is 10.2. The third kappa shape index (κ3) is 2.67. The first kappa shape index (κ1) is 11.7. The molecule has 0 amide bonds. The van der Waals surface area contributed by atoms with Gasteiger partial charge in [0.2, 0.25) is 0 Å². The average Bonchev–Trinajstić information content (AvgIpc) is 2.72. The van der Waals surface area contributed by atoms with E-state index < -0.39 is 0 Å². The van der Waals surface area contributed by atoms with E-state index in [1.165, 1.54) is 0 Å². The van der Waals surface area contributed by atoms with Gasteiger partial charge in [-0.05, 0) is 37.5 Å². The van der Waals surface area contributed by atoms with Crippen LogP contribution in [0.25, 0.3) is 0 Å². The molecule has 1 aliphatic rings. The molecule has 0 saturated heterocycles. The first-order valence-corrected chi connectivity index (χ1v) is 5.84. The number of rotatable bonds is 3. The average molecular weight is 231 g/mol. The molecule has 1 aromatic carbocycles. The minimum Gasteiger partial charge on any atom is -0.495 e. The molecule has 90 valence electrons. The van der Waals surface area contributed by atoms with Crippen molar-refractivity contribution in [3.8, 4) is 5.75 Å². The fraction of sp³-hybridized carbons (Fsp3) is 0.357. The standard InChI is InChI=1S/C14H17NO2/c1-10-6-7-14(17-2)12(8-10)15-9-11-4-3-5-13(11)16/h6-9,15H,3-5H2,1-2H3/b11-9-. The van der Waals surface area contributed by atoms with E-state index in [9.17, 15) is 4.79 Å². The number of carbonyl (C=O) groups excluding carboxylic acids is 1. The molecule has 3 nitrogen and oxygen atoms in total. The molecule has 17 heavy (non-hydrogen) atoms. The monoisotopic (exact) mass is 231 g/mol. The molecule has 1 saturated carbocycles.